The molecule has 3 heteroatoms. The third kappa shape index (κ3) is 4.12. The Bertz CT molecular complexity index is 346. The number of hydrogen-bond acceptors (Lipinski definition) is 1. The Kier molecular flexibility index (Phi) is 4.36. The van der Waals surface area contributed by atoms with Gasteiger partial charge in [-0.05, 0) is 45.4 Å². The summed E-state index contributed by atoms with van der Waals surface area (Å²) in [7, 11) is 0. The molecule has 0 saturated carbocycles. The predicted octanol–water partition coefficient (Wildman–Crippen LogP) is 2.12. The van der Waals surface area contributed by atoms with Gasteiger partial charge in [-0.15, -0.1) is 0 Å². The molecule has 1 rings (SSSR count). The standard InChI is InChI=1S/C13H20ClNO/c1-9(15-13(2,3)4)12(16)10-6-5-7-11(14)8-10/h5-9,12,15-16H,1-4H3/p+1/t9-,12+/m1/s1. The zero-order chi connectivity index (χ0) is 12.3. The molecule has 90 valence electrons. The normalized spacial score (nSPS) is 15.9. The van der Waals surface area contributed by atoms with Gasteiger partial charge in [-0.25, -0.2) is 0 Å². The molecular weight excluding hydrogens is 222 g/mol. The highest BCUT2D eigenvalue weighted by molar-refractivity contribution is 6.30. The summed E-state index contributed by atoms with van der Waals surface area (Å²) in [4.78, 5) is 0. The van der Waals surface area contributed by atoms with Crippen molar-refractivity contribution >= 4 is 11.6 Å². The molecule has 0 fully saturated rings. The van der Waals surface area contributed by atoms with E-state index in [-0.39, 0.29) is 11.6 Å². The minimum Gasteiger partial charge on any atom is -0.382 e. The van der Waals surface area contributed by atoms with E-state index >= 15 is 0 Å². The second-order valence-corrected chi connectivity index (χ2v) is 5.83. The summed E-state index contributed by atoms with van der Waals surface area (Å²) in [5, 5.41) is 13.0. The molecule has 0 spiro atoms. The zero-order valence-electron chi connectivity index (χ0n) is 10.4. The van der Waals surface area contributed by atoms with Crippen molar-refractivity contribution in [3.8, 4) is 0 Å². The van der Waals surface area contributed by atoms with Crippen molar-refractivity contribution in [2.24, 2.45) is 0 Å². The molecule has 3 N–H and O–H groups in total. The Hall–Kier alpha value is -0.570. The van der Waals surface area contributed by atoms with Crippen LogP contribution >= 0.6 is 11.6 Å². The van der Waals surface area contributed by atoms with Crippen LogP contribution in [0.5, 0.6) is 0 Å². The maximum absolute atomic E-state index is 10.2. The number of rotatable bonds is 3. The van der Waals surface area contributed by atoms with Gasteiger partial charge in [0.05, 0.1) is 5.54 Å². The maximum Gasteiger partial charge on any atom is 0.130 e. The third-order valence-corrected chi connectivity index (χ3v) is 2.69. The second kappa shape index (κ2) is 5.17. The smallest absolute Gasteiger partial charge is 0.130 e. The first-order chi connectivity index (χ1) is 7.29. The Morgan fingerprint density at radius 3 is 2.44 bits per heavy atom. The van der Waals surface area contributed by atoms with Crippen molar-refractivity contribution in [1.82, 2.24) is 0 Å². The van der Waals surface area contributed by atoms with E-state index in [1.807, 2.05) is 31.2 Å². The van der Waals surface area contributed by atoms with Gasteiger partial charge in [0.1, 0.15) is 12.1 Å². The molecule has 16 heavy (non-hydrogen) atoms. The summed E-state index contributed by atoms with van der Waals surface area (Å²) in [6.07, 6.45) is -0.488. The lowest BCUT2D eigenvalue weighted by Crippen LogP contribution is -2.99. The molecule has 1 aromatic rings. The topological polar surface area (TPSA) is 36.8 Å². The molecule has 0 aliphatic heterocycles. The molecule has 0 aromatic heterocycles. The molecule has 0 bridgehead atoms. The maximum atomic E-state index is 10.2. The lowest BCUT2D eigenvalue weighted by Gasteiger charge is -2.26. The van der Waals surface area contributed by atoms with Gasteiger partial charge >= 0.3 is 0 Å². The number of nitrogens with two attached hydrogens (primary N) is 1. The highest BCUT2D eigenvalue weighted by Crippen LogP contribution is 2.19. The monoisotopic (exact) mass is 242 g/mol. The first-order valence-corrected chi connectivity index (χ1v) is 5.97. The van der Waals surface area contributed by atoms with Crippen LogP contribution in [0.15, 0.2) is 24.3 Å². The molecule has 0 radical (unpaired) electrons. The van der Waals surface area contributed by atoms with Crippen LogP contribution in [0, 0.1) is 0 Å². The number of halogens is 1. The van der Waals surface area contributed by atoms with Crippen LogP contribution in [0.1, 0.15) is 39.4 Å². The molecule has 0 saturated heterocycles. The summed E-state index contributed by atoms with van der Waals surface area (Å²) in [5.74, 6) is 0. The summed E-state index contributed by atoms with van der Waals surface area (Å²) >= 11 is 5.91. The Morgan fingerprint density at radius 2 is 1.94 bits per heavy atom. The molecular formula is C13H21ClNO+. The predicted molar refractivity (Wildman–Crippen MR) is 67.6 cm³/mol. The first-order valence-electron chi connectivity index (χ1n) is 5.59. The molecule has 0 aliphatic rings. The molecule has 0 heterocycles. The number of hydrogen-bond donors (Lipinski definition) is 2. The largest absolute Gasteiger partial charge is 0.382 e. The Morgan fingerprint density at radius 1 is 1.31 bits per heavy atom. The highest BCUT2D eigenvalue weighted by Gasteiger charge is 2.25. The van der Waals surface area contributed by atoms with E-state index in [2.05, 4.69) is 26.1 Å². The van der Waals surface area contributed by atoms with Gasteiger partial charge < -0.3 is 10.4 Å². The number of benzene rings is 1. The Labute approximate surface area is 103 Å². The van der Waals surface area contributed by atoms with E-state index < -0.39 is 6.10 Å². The Balaban J connectivity index is 2.74. The summed E-state index contributed by atoms with van der Waals surface area (Å²) < 4.78 is 0. The molecule has 2 nitrogen and oxygen atoms in total. The number of aliphatic hydroxyl groups is 1. The van der Waals surface area contributed by atoms with Crippen LogP contribution in [0.4, 0.5) is 0 Å². The fourth-order valence-corrected chi connectivity index (χ4v) is 2.07. The zero-order valence-corrected chi connectivity index (χ0v) is 11.1. The van der Waals surface area contributed by atoms with Crippen LogP contribution in [-0.4, -0.2) is 16.7 Å². The summed E-state index contributed by atoms with van der Waals surface area (Å²) in [6.45, 7) is 8.42. The first kappa shape index (κ1) is 13.5. The van der Waals surface area contributed by atoms with Crippen molar-refractivity contribution < 1.29 is 10.4 Å². The van der Waals surface area contributed by atoms with Crippen LogP contribution in [0.2, 0.25) is 5.02 Å². The van der Waals surface area contributed by atoms with Crippen molar-refractivity contribution in [3.05, 3.63) is 34.9 Å². The fourth-order valence-electron chi connectivity index (χ4n) is 1.87. The summed E-state index contributed by atoms with van der Waals surface area (Å²) in [6, 6.07) is 7.52. The molecule has 2 atom stereocenters. The molecule has 0 unspecified atom stereocenters. The highest BCUT2D eigenvalue weighted by atomic mass is 35.5. The van der Waals surface area contributed by atoms with E-state index in [1.165, 1.54) is 0 Å². The van der Waals surface area contributed by atoms with E-state index in [4.69, 9.17) is 11.6 Å². The lowest BCUT2D eigenvalue weighted by molar-refractivity contribution is -0.751. The van der Waals surface area contributed by atoms with Crippen LogP contribution < -0.4 is 5.32 Å². The fraction of sp³-hybridized carbons (Fsp3) is 0.538. The lowest BCUT2D eigenvalue weighted by atomic mass is 10.00. The van der Waals surface area contributed by atoms with Crippen molar-refractivity contribution in [1.29, 1.82) is 0 Å². The van der Waals surface area contributed by atoms with Crippen LogP contribution in [0.25, 0.3) is 0 Å². The summed E-state index contributed by atoms with van der Waals surface area (Å²) in [5.41, 5.74) is 0.986. The van der Waals surface area contributed by atoms with Crippen LogP contribution in [0.3, 0.4) is 0 Å². The van der Waals surface area contributed by atoms with Crippen molar-refractivity contribution in [2.75, 3.05) is 0 Å². The van der Waals surface area contributed by atoms with Crippen molar-refractivity contribution in [3.63, 3.8) is 0 Å². The number of aliphatic hydroxyl groups excluding tert-OH is 1. The van der Waals surface area contributed by atoms with E-state index in [1.54, 1.807) is 0 Å². The van der Waals surface area contributed by atoms with Gasteiger partial charge in [0.25, 0.3) is 0 Å². The van der Waals surface area contributed by atoms with Crippen molar-refractivity contribution in [2.45, 2.75) is 45.4 Å². The van der Waals surface area contributed by atoms with E-state index in [0.717, 1.165) is 5.56 Å². The quantitative estimate of drug-likeness (QED) is 0.837. The van der Waals surface area contributed by atoms with E-state index in [9.17, 15) is 5.11 Å². The van der Waals surface area contributed by atoms with Gasteiger partial charge in [0.15, 0.2) is 0 Å². The van der Waals surface area contributed by atoms with E-state index in [0.29, 0.717) is 5.02 Å². The third-order valence-electron chi connectivity index (χ3n) is 2.45. The molecule has 1 aromatic carbocycles. The van der Waals surface area contributed by atoms with Gasteiger partial charge in [0.2, 0.25) is 0 Å². The minimum atomic E-state index is -0.488. The molecule has 0 amide bonds. The second-order valence-electron chi connectivity index (χ2n) is 5.39. The van der Waals surface area contributed by atoms with Gasteiger partial charge in [-0.1, -0.05) is 23.7 Å². The average molecular weight is 243 g/mol. The average Bonchev–Trinajstić information content (AvgIpc) is 2.14. The van der Waals surface area contributed by atoms with Gasteiger partial charge in [-0.2, -0.15) is 0 Å². The number of quaternary nitrogens is 1. The SMILES string of the molecule is C[C@@H]([NH2+]C(C)(C)C)[C@H](O)c1cccc(Cl)c1. The van der Waals surface area contributed by atoms with Crippen LogP contribution in [-0.2, 0) is 0 Å². The molecule has 0 aliphatic carbocycles. The minimum absolute atomic E-state index is 0.110. The van der Waals surface area contributed by atoms with Gasteiger partial charge in [0, 0.05) is 5.02 Å². The van der Waals surface area contributed by atoms with Gasteiger partial charge in [-0.3, -0.25) is 0 Å².